The van der Waals surface area contributed by atoms with Gasteiger partial charge in [0.05, 0.1) is 39.5 Å². The average molecular weight is 525 g/mol. The lowest BCUT2D eigenvalue weighted by atomic mass is 9.82. The van der Waals surface area contributed by atoms with Gasteiger partial charge in [-0.3, -0.25) is 4.79 Å². The number of allylic oxidation sites excluding steroid dienone is 2. The molecule has 1 fully saturated rings. The lowest BCUT2D eigenvalue weighted by molar-refractivity contribution is -0.145. The highest BCUT2D eigenvalue weighted by molar-refractivity contribution is 5.74. The number of esters is 1. The van der Waals surface area contributed by atoms with Crippen LogP contribution in [-0.2, 0) is 38.6 Å². The van der Waals surface area contributed by atoms with Crippen LogP contribution in [0.4, 0.5) is 0 Å². The van der Waals surface area contributed by atoms with E-state index in [0.717, 1.165) is 30.4 Å². The Labute approximate surface area is 233 Å². The third-order valence-electron chi connectivity index (χ3n) is 7.70. The summed E-state index contributed by atoms with van der Waals surface area (Å²) in [7, 11) is 1.45. The summed E-state index contributed by atoms with van der Waals surface area (Å²) in [6.07, 6.45) is 8.78. The number of benzene rings is 3. The Bertz CT molecular complexity index is 1130. The summed E-state index contributed by atoms with van der Waals surface area (Å²) in [5.41, 5.74) is 3.32. The third-order valence-corrected chi connectivity index (χ3v) is 7.70. The zero-order valence-electron chi connectivity index (χ0n) is 22.9. The molecule has 1 saturated carbocycles. The number of carbonyl (C=O) groups is 1. The van der Waals surface area contributed by atoms with Crippen LogP contribution >= 0.6 is 0 Å². The number of hydrogen-bond acceptors (Lipinski definition) is 4. The van der Waals surface area contributed by atoms with Gasteiger partial charge in [0, 0.05) is 5.41 Å². The van der Waals surface area contributed by atoms with Crippen LogP contribution in [-0.4, -0.2) is 26.3 Å². The first-order valence-corrected chi connectivity index (χ1v) is 13.8. The standard InChI is InChI=1S/C35H40O4/c1-3-32(34(36)37-2)33-23-35(26-38-24-29-16-9-5-10-17-29,27-39-25-30-18-11-6-12-19-30)22-31(33)21-13-20-28-14-7-4-8-15-28/h3-19,21,31-33H,1,20,22-27H2,2H3/b21-13+/t31-,32-,33-/m0/s1. The van der Waals surface area contributed by atoms with E-state index in [1.54, 1.807) is 6.08 Å². The molecular formula is C35H40O4. The van der Waals surface area contributed by atoms with Gasteiger partial charge < -0.3 is 14.2 Å². The molecule has 204 valence electrons. The Morgan fingerprint density at radius 2 is 1.36 bits per heavy atom. The quantitative estimate of drug-likeness (QED) is 0.165. The van der Waals surface area contributed by atoms with Crippen LogP contribution in [0.25, 0.3) is 0 Å². The van der Waals surface area contributed by atoms with Crippen molar-refractivity contribution in [2.45, 2.75) is 32.5 Å². The summed E-state index contributed by atoms with van der Waals surface area (Å²) in [5.74, 6) is -0.381. The summed E-state index contributed by atoms with van der Waals surface area (Å²) >= 11 is 0. The van der Waals surface area contributed by atoms with Crippen molar-refractivity contribution in [1.29, 1.82) is 0 Å². The largest absolute Gasteiger partial charge is 0.469 e. The van der Waals surface area contributed by atoms with Gasteiger partial charge in [0.15, 0.2) is 0 Å². The molecule has 3 aromatic carbocycles. The summed E-state index contributed by atoms with van der Waals surface area (Å²) in [6, 6.07) is 30.9. The molecule has 0 radical (unpaired) electrons. The molecule has 0 amide bonds. The molecule has 39 heavy (non-hydrogen) atoms. The molecule has 0 heterocycles. The SMILES string of the molecule is C=C[C@H](C(=O)OC)[C@H]1CC(COCc2ccccc2)(COCc2ccccc2)C[C@@H]1/C=C/Cc1ccccc1. The minimum absolute atomic E-state index is 0.0580. The highest BCUT2D eigenvalue weighted by Gasteiger charge is 2.48. The number of ether oxygens (including phenoxy) is 3. The Hall–Kier alpha value is -3.47. The molecule has 4 nitrogen and oxygen atoms in total. The van der Waals surface area contributed by atoms with Crippen molar-refractivity contribution in [2.24, 2.45) is 23.2 Å². The second kappa shape index (κ2) is 14.6. The normalized spacial score (nSPS) is 19.1. The topological polar surface area (TPSA) is 44.8 Å². The summed E-state index contributed by atoms with van der Waals surface area (Å²) in [5, 5.41) is 0. The monoisotopic (exact) mass is 524 g/mol. The smallest absolute Gasteiger partial charge is 0.312 e. The van der Waals surface area contributed by atoms with E-state index in [2.05, 4.69) is 67.3 Å². The number of methoxy groups -OCH3 is 1. The average Bonchev–Trinajstić information content (AvgIpc) is 3.33. The highest BCUT2D eigenvalue weighted by atomic mass is 16.5. The number of hydrogen-bond donors (Lipinski definition) is 0. The number of rotatable bonds is 14. The Morgan fingerprint density at radius 3 is 1.85 bits per heavy atom. The molecule has 0 unspecified atom stereocenters. The molecule has 0 aliphatic heterocycles. The van der Waals surface area contributed by atoms with E-state index in [4.69, 9.17) is 14.2 Å². The van der Waals surface area contributed by atoms with Crippen molar-refractivity contribution >= 4 is 5.97 Å². The number of carbonyl (C=O) groups excluding carboxylic acids is 1. The molecule has 0 saturated heterocycles. The van der Waals surface area contributed by atoms with Crippen LogP contribution in [0.3, 0.4) is 0 Å². The van der Waals surface area contributed by atoms with Gasteiger partial charge >= 0.3 is 5.97 Å². The maximum atomic E-state index is 12.8. The third kappa shape index (κ3) is 8.26. The Morgan fingerprint density at radius 1 is 0.846 bits per heavy atom. The zero-order chi connectivity index (χ0) is 27.3. The predicted molar refractivity (Wildman–Crippen MR) is 156 cm³/mol. The van der Waals surface area contributed by atoms with Gasteiger partial charge in [-0.15, -0.1) is 6.58 Å². The van der Waals surface area contributed by atoms with E-state index in [1.165, 1.54) is 12.7 Å². The molecule has 0 N–H and O–H groups in total. The van der Waals surface area contributed by atoms with Gasteiger partial charge in [-0.05, 0) is 47.8 Å². The van der Waals surface area contributed by atoms with Crippen LogP contribution in [0.2, 0.25) is 0 Å². The molecule has 0 bridgehead atoms. The van der Waals surface area contributed by atoms with E-state index < -0.39 is 0 Å². The first kappa shape index (κ1) is 28.5. The fourth-order valence-electron chi connectivity index (χ4n) is 5.76. The van der Waals surface area contributed by atoms with Crippen molar-refractivity contribution in [3.05, 3.63) is 132 Å². The van der Waals surface area contributed by atoms with Gasteiger partial charge in [-0.1, -0.05) is 109 Å². The van der Waals surface area contributed by atoms with E-state index in [9.17, 15) is 4.79 Å². The van der Waals surface area contributed by atoms with Gasteiger partial charge in [0.2, 0.25) is 0 Å². The Kier molecular flexibility index (Phi) is 10.7. The van der Waals surface area contributed by atoms with Crippen LogP contribution in [0.1, 0.15) is 29.5 Å². The molecule has 0 aromatic heterocycles. The van der Waals surface area contributed by atoms with Gasteiger partial charge in [-0.25, -0.2) is 0 Å². The van der Waals surface area contributed by atoms with Crippen molar-refractivity contribution < 1.29 is 19.0 Å². The van der Waals surface area contributed by atoms with Crippen molar-refractivity contribution in [3.63, 3.8) is 0 Å². The van der Waals surface area contributed by atoms with Crippen LogP contribution < -0.4 is 0 Å². The fraction of sp³-hybridized carbons (Fsp3) is 0.343. The van der Waals surface area contributed by atoms with E-state index in [-0.39, 0.29) is 29.1 Å². The van der Waals surface area contributed by atoms with Crippen LogP contribution in [0, 0.1) is 23.2 Å². The molecule has 4 rings (SSSR count). The first-order valence-electron chi connectivity index (χ1n) is 13.8. The second-order valence-electron chi connectivity index (χ2n) is 10.6. The lowest BCUT2D eigenvalue weighted by Gasteiger charge is -2.30. The van der Waals surface area contributed by atoms with Crippen molar-refractivity contribution in [2.75, 3.05) is 20.3 Å². The minimum Gasteiger partial charge on any atom is -0.469 e. The Balaban J connectivity index is 1.54. The minimum atomic E-state index is -0.383. The van der Waals surface area contributed by atoms with E-state index in [1.807, 2.05) is 42.5 Å². The van der Waals surface area contributed by atoms with E-state index >= 15 is 0 Å². The maximum Gasteiger partial charge on any atom is 0.312 e. The summed E-state index contributed by atoms with van der Waals surface area (Å²) in [6.45, 7) is 6.20. The predicted octanol–water partition coefficient (Wildman–Crippen LogP) is 7.21. The molecule has 3 aromatic rings. The van der Waals surface area contributed by atoms with Gasteiger partial charge in [0.1, 0.15) is 0 Å². The fourth-order valence-corrected chi connectivity index (χ4v) is 5.76. The molecule has 1 aliphatic rings. The maximum absolute atomic E-state index is 12.8. The molecular weight excluding hydrogens is 484 g/mol. The highest BCUT2D eigenvalue weighted by Crippen LogP contribution is 2.50. The van der Waals surface area contributed by atoms with Crippen molar-refractivity contribution in [1.82, 2.24) is 0 Å². The summed E-state index contributed by atoms with van der Waals surface area (Å²) in [4.78, 5) is 12.8. The van der Waals surface area contributed by atoms with E-state index in [0.29, 0.717) is 26.4 Å². The molecule has 3 atom stereocenters. The molecule has 0 spiro atoms. The second-order valence-corrected chi connectivity index (χ2v) is 10.6. The molecule has 1 aliphatic carbocycles. The summed E-state index contributed by atoms with van der Waals surface area (Å²) < 4.78 is 17.9. The first-order chi connectivity index (χ1) is 19.1. The van der Waals surface area contributed by atoms with Gasteiger partial charge in [0.25, 0.3) is 0 Å². The lowest BCUT2D eigenvalue weighted by Crippen LogP contribution is -2.31. The van der Waals surface area contributed by atoms with Gasteiger partial charge in [-0.2, -0.15) is 0 Å². The zero-order valence-corrected chi connectivity index (χ0v) is 22.9. The van der Waals surface area contributed by atoms with Crippen LogP contribution in [0.15, 0.2) is 116 Å². The van der Waals surface area contributed by atoms with Crippen molar-refractivity contribution in [3.8, 4) is 0 Å². The van der Waals surface area contributed by atoms with Crippen LogP contribution in [0.5, 0.6) is 0 Å². The molecule has 4 heteroatoms.